The van der Waals surface area contributed by atoms with Crippen LogP contribution in [0.25, 0.3) is 0 Å². The van der Waals surface area contributed by atoms with Crippen LogP contribution in [0.15, 0.2) is 24.3 Å². The number of aryl methyl sites for hydroxylation is 1. The topological polar surface area (TPSA) is 40.5 Å². The molecule has 2 fully saturated rings. The van der Waals surface area contributed by atoms with E-state index in [1.165, 1.54) is 11.1 Å². The first kappa shape index (κ1) is 13.6. The quantitative estimate of drug-likeness (QED) is 0.917. The third kappa shape index (κ3) is 2.14. The first-order valence-electron chi connectivity index (χ1n) is 7.68. The van der Waals surface area contributed by atoms with E-state index in [9.17, 15) is 9.90 Å². The summed E-state index contributed by atoms with van der Waals surface area (Å²) < 4.78 is 0. The standard InChI is InChI=1S/C17H23NO2/c1-2-13-6-3-4-7-14(13)10-18-11-15-8-5-9-17(15,12-18)16(19)20/h3-4,6-7,15H,2,5,8-12H2,1H3,(H,19,20)/t15-,17+/m0/s1. The lowest BCUT2D eigenvalue weighted by Gasteiger charge is -2.23. The number of fused-ring (bicyclic) bond motifs is 1. The normalized spacial score (nSPS) is 29.6. The average Bonchev–Trinajstić information content (AvgIpc) is 2.97. The van der Waals surface area contributed by atoms with E-state index in [0.717, 1.165) is 45.3 Å². The monoisotopic (exact) mass is 273 g/mol. The number of aliphatic carboxylic acids is 1. The number of rotatable bonds is 4. The molecule has 1 saturated carbocycles. The molecule has 2 aliphatic rings. The molecule has 0 aromatic heterocycles. The lowest BCUT2D eigenvalue weighted by molar-refractivity contribution is -0.149. The van der Waals surface area contributed by atoms with E-state index in [2.05, 4.69) is 36.1 Å². The minimum atomic E-state index is -0.578. The van der Waals surface area contributed by atoms with Crippen molar-refractivity contribution in [3.63, 3.8) is 0 Å². The first-order chi connectivity index (χ1) is 9.65. The van der Waals surface area contributed by atoms with Crippen LogP contribution in [0.2, 0.25) is 0 Å². The molecular formula is C17H23NO2. The van der Waals surface area contributed by atoms with Crippen molar-refractivity contribution in [2.24, 2.45) is 11.3 Å². The summed E-state index contributed by atoms with van der Waals surface area (Å²) in [5.41, 5.74) is 2.28. The van der Waals surface area contributed by atoms with Gasteiger partial charge in [0, 0.05) is 19.6 Å². The molecule has 1 N–H and O–H groups in total. The summed E-state index contributed by atoms with van der Waals surface area (Å²) in [6.45, 7) is 4.75. The number of nitrogens with zero attached hydrogens (tertiary/aromatic N) is 1. The molecule has 3 heteroatoms. The van der Waals surface area contributed by atoms with E-state index in [-0.39, 0.29) is 0 Å². The van der Waals surface area contributed by atoms with Crippen LogP contribution in [0.5, 0.6) is 0 Å². The van der Waals surface area contributed by atoms with Gasteiger partial charge in [-0.2, -0.15) is 0 Å². The van der Waals surface area contributed by atoms with Crippen molar-refractivity contribution < 1.29 is 9.90 Å². The average molecular weight is 273 g/mol. The van der Waals surface area contributed by atoms with Crippen molar-refractivity contribution in [1.29, 1.82) is 0 Å². The lowest BCUT2D eigenvalue weighted by atomic mass is 9.81. The van der Waals surface area contributed by atoms with Crippen LogP contribution in [0.1, 0.15) is 37.3 Å². The Morgan fingerprint density at radius 3 is 2.80 bits per heavy atom. The van der Waals surface area contributed by atoms with Gasteiger partial charge in [-0.15, -0.1) is 0 Å². The van der Waals surface area contributed by atoms with Crippen molar-refractivity contribution in [2.75, 3.05) is 13.1 Å². The van der Waals surface area contributed by atoms with Crippen LogP contribution >= 0.6 is 0 Å². The third-order valence-corrected chi connectivity index (χ3v) is 5.26. The van der Waals surface area contributed by atoms with Gasteiger partial charge >= 0.3 is 5.97 Å². The zero-order chi connectivity index (χ0) is 14.2. The van der Waals surface area contributed by atoms with Gasteiger partial charge in [0.15, 0.2) is 0 Å². The summed E-state index contributed by atoms with van der Waals surface area (Å²) in [6.07, 6.45) is 4.06. The summed E-state index contributed by atoms with van der Waals surface area (Å²) in [6, 6.07) is 8.53. The molecule has 1 aliphatic carbocycles. The number of likely N-dealkylation sites (tertiary alicyclic amines) is 1. The van der Waals surface area contributed by atoms with Crippen molar-refractivity contribution in [3.05, 3.63) is 35.4 Å². The Hall–Kier alpha value is -1.35. The molecule has 1 saturated heterocycles. The number of hydrogen-bond donors (Lipinski definition) is 1. The third-order valence-electron chi connectivity index (χ3n) is 5.26. The molecule has 108 valence electrons. The number of hydrogen-bond acceptors (Lipinski definition) is 2. The number of carbonyl (C=O) groups is 1. The lowest BCUT2D eigenvalue weighted by Crippen LogP contribution is -2.35. The molecule has 0 bridgehead atoms. The highest BCUT2D eigenvalue weighted by atomic mass is 16.4. The highest BCUT2D eigenvalue weighted by molar-refractivity contribution is 5.76. The molecule has 3 nitrogen and oxygen atoms in total. The summed E-state index contributed by atoms with van der Waals surface area (Å²) in [5, 5.41) is 9.63. The van der Waals surface area contributed by atoms with Crippen LogP contribution < -0.4 is 0 Å². The maximum atomic E-state index is 11.7. The van der Waals surface area contributed by atoms with Gasteiger partial charge in [-0.1, -0.05) is 37.6 Å². The summed E-state index contributed by atoms with van der Waals surface area (Å²) >= 11 is 0. The predicted octanol–water partition coefficient (Wildman–Crippen LogP) is 2.94. The van der Waals surface area contributed by atoms with Crippen molar-refractivity contribution in [3.8, 4) is 0 Å². The van der Waals surface area contributed by atoms with Crippen LogP contribution in [0.3, 0.4) is 0 Å². The van der Waals surface area contributed by atoms with Crippen molar-refractivity contribution >= 4 is 5.97 Å². The molecule has 0 spiro atoms. The minimum Gasteiger partial charge on any atom is -0.481 e. The molecule has 1 aromatic carbocycles. The predicted molar refractivity (Wildman–Crippen MR) is 78.5 cm³/mol. The Balaban J connectivity index is 1.76. The Bertz CT molecular complexity index is 513. The highest BCUT2D eigenvalue weighted by Gasteiger charge is 2.54. The molecule has 1 aliphatic heterocycles. The van der Waals surface area contributed by atoms with E-state index in [1.807, 2.05) is 0 Å². The maximum Gasteiger partial charge on any atom is 0.311 e. The summed E-state index contributed by atoms with van der Waals surface area (Å²) in [5.74, 6) is -0.222. The van der Waals surface area contributed by atoms with Crippen LogP contribution in [0, 0.1) is 11.3 Å². The smallest absolute Gasteiger partial charge is 0.311 e. The first-order valence-corrected chi connectivity index (χ1v) is 7.68. The number of benzene rings is 1. The largest absolute Gasteiger partial charge is 0.481 e. The fourth-order valence-electron chi connectivity index (χ4n) is 4.16. The van der Waals surface area contributed by atoms with Gasteiger partial charge in [0.25, 0.3) is 0 Å². The van der Waals surface area contributed by atoms with E-state index in [0.29, 0.717) is 5.92 Å². The Kier molecular flexibility index (Phi) is 3.55. The Morgan fingerprint density at radius 2 is 2.15 bits per heavy atom. The number of carboxylic acid groups (broad SMARTS) is 1. The molecule has 3 rings (SSSR count). The Labute approximate surface area is 120 Å². The van der Waals surface area contributed by atoms with E-state index in [1.54, 1.807) is 0 Å². The van der Waals surface area contributed by atoms with Crippen LogP contribution in [0.4, 0.5) is 0 Å². The zero-order valence-corrected chi connectivity index (χ0v) is 12.1. The summed E-state index contributed by atoms with van der Waals surface area (Å²) in [7, 11) is 0. The second-order valence-electron chi connectivity index (χ2n) is 6.34. The molecule has 1 aromatic rings. The van der Waals surface area contributed by atoms with Gasteiger partial charge in [-0.05, 0) is 36.3 Å². The zero-order valence-electron chi connectivity index (χ0n) is 12.1. The summed E-state index contributed by atoms with van der Waals surface area (Å²) in [4.78, 5) is 14.1. The molecule has 20 heavy (non-hydrogen) atoms. The fraction of sp³-hybridized carbons (Fsp3) is 0.588. The minimum absolute atomic E-state index is 0.355. The van der Waals surface area contributed by atoms with Gasteiger partial charge in [0.05, 0.1) is 5.41 Å². The number of carboxylic acids is 1. The van der Waals surface area contributed by atoms with Crippen LogP contribution in [-0.4, -0.2) is 29.1 Å². The maximum absolute atomic E-state index is 11.7. The van der Waals surface area contributed by atoms with E-state index in [4.69, 9.17) is 0 Å². The van der Waals surface area contributed by atoms with Crippen molar-refractivity contribution in [2.45, 2.75) is 39.2 Å². The molecule has 1 heterocycles. The SMILES string of the molecule is CCc1ccccc1CN1C[C@@H]2CCC[C@@]2(C(=O)O)C1. The van der Waals surface area contributed by atoms with Crippen molar-refractivity contribution in [1.82, 2.24) is 4.90 Å². The molecular weight excluding hydrogens is 250 g/mol. The highest BCUT2D eigenvalue weighted by Crippen LogP contribution is 2.49. The van der Waals surface area contributed by atoms with Gasteiger partial charge < -0.3 is 5.11 Å². The molecule has 0 unspecified atom stereocenters. The molecule has 2 atom stereocenters. The molecule has 0 amide bonds. The van der Waals surface area contributed by atoms with E-state index >= 15 is 0 Å². The second-order valence-corrected chi connectivity index (χ2v) is 6.34. The molecule has 0 radical (unpaired) electrons. The van der Waals surface area contributed by atoms with Crippen LogP contribution in [-0.2, 0) is 17.8 Å². The Morgan fingerprint density at radius 1 is 1.40 bits per heavy atom. The van der Waals surface area contributed by atoms with E-state index < -0.39 is 11.4 Å². The van der Waals surface area contributed by atoms with Gasteiger partial charge in [0.1, 0.15) is 0 Å². The van der Waals surface area contributed by atoms with Gasteiger partial charge in [-0.3, -0.25) is 9.69 Å². The fourth-order valence-corrected chi connectivity index (χ4v) is 4.16. The van der Waals surface area contributed by atoms with Gasteiger partial charge in [-0.25, -0.2) is 0 Å². The van der Waals surface area contributed by atoms with Gasteiger partial charge in [0.2, 0.25) is 0 Å². The second kappa shape index (κ2) is 5.21.